The summed E-state index contributed by atoms with van der Waals surface area (Å²) in [5, 5.41) is 2.13. The monoisotopic (exact) mass is 632 g/mol. The Morgan fingerprint density at radius 2 is 1.61 bits per heavy atom. The van der Waals surface area contributed by atoms with Crippen molar-refractivity contribution >= 4 is 50.6 Å². The first-order chi connectivity index (χ1) is 17.0. The lowest BCUT2D eigenvalue weighted by Gasteiger charge is -2.45. The first-order valence-electron chi connectivity index (χ1n) is 11.8. The smallest absolute Gasteiger partial charge is 0.330 e. The molecule has 0 radical (unpaired) electrons. The molecular formula is C27H30Br2N2O4Si. The van der Waals surface area contributed by atoms with E-state index in [1.165, 1.54) is 14.9 Å². The minimum absolute atomic E-state index is 0.209. The lowest BCUT2D eigenvalue weighted by molar-refractivity contribution is 0.00685. The van der Waals surface area contributed by atoms with E-state index < -0.39 is 31.9 Å². The van der Waals surface area contributed by atoms with Gasteiger partial charge in [0.2, 0.25) is 0 Å². The Hall–Kier alpha value is -2.04. The highest BCUT2D eigenvalue weighted by atomic mass is 79.9. The minimum Gasteiger partial charge on any atom is -0.401 e. The number of H-pyrrole nitrogens is 1. The van der Waals surface area contributed by atoms with Gasteiger partial charge in [-0.15, -0.1) is 0 Å². The summed E-state index contributed by atoms with van der Waals surface area (Å²) in [4.78, 5) is 27.0. The van der Waals surface area contributed by atoms with Crippen LogP contribution in [-0.4, -0.2) is 30.1 Å². The van der Waals surface area contributed by atoms with Gasteiger partial charge in [0.05, 0.1) is 9.50 Å². The van der Waals surface area contributed by atoms with Crippen LogP contribution in [0.3, 0.4) is 0 Å². The molecule has 190 valence electrons. The molecule has 4 rings (SSSR count). The summed E-state index contributed by atoms with van der Waals surface area (Å²) in [6, 6.07) is 20.9. The number of nitrogens with zero attached hydrogens (tertiary/aromatic N) is 1. The van der Waals surface area contributed by atoms with E-state index in [0.29, 0.717) is 12.0 Å². The van der Waals surface area contributed by atoms with Crippen LogP contribution in [-0.2, 0) is 9.16 Å². The number of nitrogens with one attached hydrogen (secondary N) is 1. The Morgan fingerprint density at radius 3 is 2.11 bits per heavy atom. The van der Waals surface area contributed by atoms with Crippen molar-refractivity contribution in [1.82, 2.24) is 9.55 Å². The standard InChI is InChI=1S/C27H30Br2N2O4Si/c1-18-17-31(26(33)30-25(18)32)24-16-22(21(34-24)15-23(28)29)35-36(27(2,3)4,19-11-7-5-8-12-19)20-13-9-6-10-14-20/h5-15,17,21-22,24H,16H2,1-4H3,(H,30,32,33)/t21-,22+,24-/m1/s1. The van der Waals surface area contributed by atoms with Gasteiger partial charge in [-0.05, 0) is 60.3 Å². The number of aromatic amines is 1. The molecule has 3 aromatic rings. The second kappa shape index (κ2) is 10.7. The molecule has 0 amide bonds. The molecule has 0 aliphatic carbocycles. The predicted molar refractivity (Wildman–Crippen MR) is 153 cm³/mol. The lowest BCUT2D eigenvalue weighted by Crippen LogP contribution is -2.68. The third kappa shape index (κ3) is 5.31. The number of hydrogen-bond donors (Lipinski definition) is 1. The molecule has 1 aromatic heterocycles. The van der Waals surface area contributed by atoms with Gasteiger partial charge >= 0.3 is 5.69 Å². The summed E-state index contributed by atoms with van der Waals surface area (Å²) >= 11 is 6.94. The van der Waals surface area contributed by atoms with Crippen molar-refractivity contribution in [3.63, 3.8) is 0 Å². The number of halogens is 2. The molecular weight excluding hydrogens is 604 g/mol. The van der Waals surface area contributed by atoms with Crippen molar-refractivity contribution in [2.45, 2.75) is 57.6 Å². The fourth-order valence-electron chi connectivity index (χ4n) is 4.94. The molecule has 3 atom stereocenters. The molecule has 6 nitrogen and oxygen atoms in total. The molecule has 0 saturated carbocycles. The van der Waals surface area contributed by atoms with Gasteiger partial charge in [-0.25, -0.2) is 4.79 Å². The summed E-state index contributed by atoms with van der Waals surface area (Å²) in [7, 11) is -2.86. The summed E-state index contributed by atoms with van der Waals surface area (Å²) in [6.45, 7) is 8.36. The van der Waals surface area contributed by atoms with Crippen LogP contribution in [0.1, 0.15) is 39.0 Å². The van der Waals surface area contributed by atoms with E-state index in [9.17, 15) is 9.59 Å². The van der Waals surface area contributed by atoms with Crippen LogP contribution in [0, 0.1) is 6.92 Å². The van der Waals surface area contributed by atoms with Crippen LogP contribution in [0.5, 0.6) is 0 Å². The van der Waals surface area contributed by atoms with Crippen LogP contribution < -0.4 is 21.6 Å². The van der Waals surface area contributed by atoms with Gasteiger partial charge in [0.25, 0.3) is 13.9 Å². The topological polar surface area (TPSA) is 73.3 Å². The van der Waals surface area contributed by atoms with Crippen molar-refractivity contribution in [2.75, 3.05) is 0 Å². The van der Waals surface area contributed by atoms with Crippen molar-refractivity contribution < 1.29 is 9.16 Å². The molecule has 9 heteroatoms. The predicted octanol–water partition coefficient (Wildman–Crippen LogP) is 4.71. The lowest BCUT2D eigenvalue weighted by atomic mass is 10.2. The molecule has 2 aromatic carbocycles. The van der Waals surface area contributed by atoms with E-state index in [1.807, 2.05) is 18.2 Å². The van der Waals surface area contributed by atoms with E-state index in [4.69, 9.17) is 9.16 Å². The molecule has 0 bridgehead atoms. The molecule has 1 fully saturated rings. The number of hydrogen-bond acceptors (Lipinski definition) is 4. The van der Waals surface area contributed by atoms with Gasteiger partial charge in [0.15, 0.2) is 0 Å². The maximum atomic E-state index is 12.7. The summed E-state index contributed by atoms with van der Waals surface area (Å²) in [5.74, 6) is 0. The van der Waals surface area contributed by atoms with E-state index in [-0.39, 0.29) is 11.1 Å². The number of benzene rings is 2. The van der Waals surface area contributed by atoms with Crippen LogP contribution in [0.4, 0.5) is 0 Å². The Bertz CT molecular complexity index is 1310. The van der Waals surface area contributed by atoms with Crippen LogP contribution in [0.25, 0.3) is 0 Å². The SMILES string of the molecule is Cc1cn([C@H]2C[C@H](O[Si](c3ccccc3)(c3ccccc3)C(C)(C)C)[C@@H](C=C(Br)Br)O2)c(=O)[nH]c1=O. The maximum Gasteiger partial charge on any atom is 0.330 e. The van der Waals surface area contributed by atoms with Crippen molar-refractivity contribution in [3.8, 4) is 0 Å². The largest absolute Gasteiger partial charge is 0.401 e. The Kier molecular flexibility index (Phi) is 8.06. The minimum atomic E-state index is -2.86. The Morgan fingerprint density at radius 1 is 1.06 bits per heavy atom. The third-order valence-electron chi connectivity index (χ3n) is 6.61. The Balaban J connectivity index is 1.84. The number of rotatable bonds is 6. The molecule has 1 aliphatic rings. The summed E-state index contributed by atoms with van der Waals surface area (Å²) in [5.41, 5.74) is -0.445. The molecule has 1 aliphatic heterocycles. The quantitative estimate of drug-likeness (QED) is 0.399. The first kappa shape index (κ1) is 27.0. The second-order valence-corrected chi connectivity index (χ2v) is 17.1. The molecule has 0 unspecified atom stereocenters. The van der Waals surface area contributed by atoms with E-state index >= 15 is 0 Å². The van der Waals surface area contributed by atoms with E-state index in [1.54, 1.807) is 13.1 Å². The number of ether oxygens (including phenoxy) is 1. The van der Waals surface area contributed by atoms with Gasteiger partial charge in [-0.2, -0.15) is 0 Å². The van der Waals surface area contributed by atoms with Gasteiger partial charge < -0.3 is 9.16 Å². The zero-order chi connectivity index (χ0) is 26.1. The number of aryl methyl sites for hydroxylation is 1. The van der Waals surface area contributed by atoms with Crippen LogP contribution in [0.15, 0.2) is 85.9 Å². The van der Waals surface area contributed by atoms with Gasteiger partial charge in [-0.1, -0.05) is 81.4 Å². The molecule has 0 spiro atoms. The summed E-state index contributed by atoms with van der Waals surface area (Å²) < 4.78 is 15.9. The van der Waals surface area contributed by atoms with Crippen LogP contribution >= 0.6 is 31.9 Å². The average molecular weight is 634 g/mol. The highest BCUT2D eigenvalue weighted by Crippen LogP contribution is 2.41. The van der Waals surface area contributed by atoms with Gasteiger partial charge in [-0.3, -0.25) is 14.3 Å². The Labute approximate surface area is 228 Å². The van der Waals surface area contributed by atoms with E-state index in [2.05, 4.69) is 106 Å². The fourth-order valence-corrected chi connectivity index (χ4v) is 10.2. The molecule has 1 saturated heterocycles. The van der Waals surface area contributed by atoms with E-state index in [0.717, 1.165) is 3.39 Å². The van der Waals surface area contributed by atoms with Crippen molar-refractivity contribution in [2.24, 2.45) is 0 Å². The highest BCUT2D eigenvalue weighted by Gasteiger charge is 2.53. The maximum absolute atomic E-state index is 12.7. The van der Waals surface area contributed by atoms with Gasteiger partial charge in [0.1, 0.15) is 12.3 Å². The third-order valence-corrected chi connectivity index (χ3v) is 12.2. The van der Waals surface area contributed by atoms with Crippen molar-refractivity contribution in [3.05, 3.63) is 103 Å². The zero-order valence-corrected chi connectivity index (χ0v) is 24.9. The highest BCUT2D eigenvalue weighted by molar-refractivity contribution is 9.28. The second-order valence-electron chi connectivity index (χ2n) is 10.0. The molecule has 2 heterocycles. The zero-order valence-electron chi connectivity index (χ0n) is 20.7. The fraction of sp³-hybridized carbons (Fsp3) is 0.333. The van der Waals surface area contributed by atoms with Crippen molar-refractivity contribution in [1.29, 1.82) is 0 Å². The normalized spacial score (nSPS) is 20.3. The number of aromatic nitrogens is 2. The molecule has 36 heavy (non-hydrogen) atoms. The molecule has 1 N–H and O–H groups in total. The van der Waals surface area contributed by atoms with Gasteiger partial charge in [0, 0.05) is 18.2 Å². The summed E-state index contributed by atoms with van der Waals surface area (Å²) in [6.07, 6.45) is 2.56. The van der Waals surface area contributed by atoms with Crippen LogP contribution in [0.2, 0.25) is 5.04 Å². The average Bonchev–Trinajstić information content (AvgIpc) is 3.21. The first-order valence-corrected chi connectivity index (χ1v) is 15.3.